The zero-order valence-electron chi connectivity index (χ0n) is 9.40. The second-order valence-electron chi connectivity index (χ2n) is 3.76. The van der Waals surface area contributed by atoms with Gasteiger partial charge in [-0.3, -0.25) is 0 Å². The minimum absolute atomic E-state index is 0.639. The number of aryl methyl sites for hydroxylation is 1. The van der Waals surface area contributed by atoms with E-state index in [1.807, 2.05) is 24.3 Å². The van der Waals surface area contributed by atoms with E-state index in [1.165, 1.54) is 0 Å². The fourth-order valence-corrected chi connectivity index (χ4v) is 1.76. The van der Waals surface area contributed by atoms with Crippen LogP contribution < -0.4 is 5.73 Å². The van der Waals surface area contributed by atoms with E-state index in [4.69, 9.17) is 10.3 Å². The Morgan fingerprint density at radius 3 is 2.65 bits per heavy atom. The van der Waals surface area contributed by atoms with Crippen molar-refractivity contribution in [2.24, 2.45) is 5.73 Å². The molecule has 90 valence electrons. The molecule has 0 bridgehead atoms. The van der Waals surface area contributed by atoms with Gasteiger partial charge in [-0.25, -0.2) is 0 Å². The third-order valence-electron chi connectivity index (χ3n) is 2.42. The van der Waals surface area contributed by atoms with Crippen molar-refractivity contribution >= 4 is 15.9 Å². The highest BCUT2D eigenvalue weighted by Crippen LogP contribution is 2.19. The minimum atomic E-state index is 0.639. The van der Waals surface area contributed by atoms with Gasteiger partial charge in [0.1, 0.15) is 0 Å². The summed E-state index contributed by atoms with van der Waals surface area (Å²) in [4.78, 5) is 4.35. The first-order valence-corrected chi connectivity index (χ1v) is 6.37. The van der Waals surface area contributed by atoms with Crippen molar-refractivity contribution in [1.29, 1.82) is 0 Å². The Morgan fingerprint density at radius 2 is 1.94 bits per heavy atom. The number of unbranched alkanes of at least 4 members (excludes halogenated alkanes) is 1. The summed E-state index contributed by atoms with van der Waals surface area (Å²) in [6, 6.07) is 7.83. The van der Waals surface area contributed by atoms with Crippen LogP contribution in [0.3, 0.4) is 0 Å². The zero-order valence-corrected chi connectivity index (χ0v) is 11.0. The Kier molecular flexibility index (Phi) is 4.28. The average Bonchev–Trinajstić information content (AvgIpc) is 2.79. The largest absolute Gasteiger partial charge is 0.339 e. The number of aromatic nitrogens is 2. The monoisotopic (exact) mass is 295 g/mol. The van der Waals surface area contributed by atoms with Gasteiger partial charge in [0.15, 0.2) is 0 Å². The molecule has 5 heteroatoms. The summed E-state index contributed by atoms with van der Waals surface area (Å²) in [5.41, 5.74) is 6.39. The van der Waals surface area contributed by atoms with Crippen LogP contribution in [0.2, 0.25) is 0 Å². The molecule has 0 fully saturated rings. The quantitative estimate of drug-likeness (QED) is 0.862. The van der Waals surface area contributed by atoms with E-state index in [0.717, 1.165) is 29.3 Å². The van der Waals surface area contributed by atoms with Gasteiger partial charge in [-0.05, 0) is 43.7 Å². The van der Waals surface area contributed by atoms with Crippen molar-refractivity contribution in [3.63, 3.8) is 0 Å². The highest BCUT2D eigenvalue weighted by molar-refractivity contribution is 9.10. The van der Waals surface area contributed by atoms with Crippen molar-refractivity contribution in [3.8, 4) is 11.4 Å². The third kappa shape index (κ3) is 3.38. The molecule has 0 spiro atoms. The second-order valence-corrected chi connectivity index (χ2v) is 4.68. The van der Waals surface area contributed by atoms with Crippen molar-refractivity contribution in [3.05, 3.63) is 34.6 Å². The topological polar surface area (TPSA) is 64.9 Å². The highest BCUT2D eigenvalue weighted by atomic mass is 79.9. The van der Waals surface area contributed by atoms with Crippen molar-refractivity contribution in [1.82, 2.24) is 10.1 Å². The van der Waals surface area contributed by atoms with Gasteiger partial charge in [0.05, 0.1) is 0 Å². The number of hydrogen-bond donors (Lipinski definition) is 1. The second kappa shape index (κ2) is 5.93. The first-order valence-electron chi connectivity index (χ1n) is 5.58. The van der Waals surface area contributed by atoms with E-state index in [-0.39, 0.29) is 0 Å². The van der Waals surface area contributed by atoms with Gasteiger partial charge in [0.2, 0.25) is 11.7 Å². The van der Waals surface area contributed by atoms with Gasteiger partial charge in [-0.15, -0.1) is 0 Å². The lowest BCUT2D eigenvalue weighted by Gasteiger charge is -1.94. The van der Waals surface area contributed by atoms with Gasteiger partial charge in [-0.1, -0.05) is 21.1 Å². The maximum Gasteiger partial charge on any atom is 0.226 e. The number of halogens is 1. The first-order chi connectivity index (χ1) is 8.29. The Bertz CT molecular complexity index is 467. The van der Waals surface area contributed by atoms with Crippen molar-refractivity contribution in [2.75, 3.05) is 6.54 Å². The maximum atomic E-state index is 5.43. The fourth-order valence-electron chi connectivity index (χ4n) is 1.49. The van der Waals surface area contributed by atoms with E-state index in [0.29, 0.717) is 18.3 Å². The number of nitrogens with zero attached hydrogens (tertiary/aromatic N) is 2. The van der Waals surface area contributed by atoms with Crippen LogP contribution in [0.5, 0.6) is 0 Å². The lowest BCUT2D eigenvalue weighted by atomic mass is 10.2. The summed E-state index contributed by atoms with van der Waals surface area (Å²) in [5.74, 6) is 1.32. The van der Waals surface area contributed by atoms with Crippen molar-refractivity contribution in [2.45, 2.75) is 19.3 Å². The van der Waals surface area contributed by atoms with Crippen LogP contribution in [-0.2, 0) is 6.42 Å². The van der Waals surface area contributed by atoms with Crippen LogP contribution in [0.25, 0.3) is 11.4 Å². The molecule has 2 aromatic rings. The average molecular weight is 296 g/mol. The minimum Gasteiger partial charge on any atom is -0.339 e. The Hall–Kier alpha value is -1.20. The molecule has 0 aliphatic carbocycles. The summed E-state index contributed by atoms with van der Waals surface area (Å²) >= 11 is 3.39. The summed E-state index contributed by atoms with van der Waals surface area (Å²) in [7, 11) is 0. The Balaban J connectivity index is 2.04. The maximum absolute atomic E-state index is 5.43. The lowest BCUT2D eigenvalue weighted by Crippen LogP contribution is -1.99. The van der Waals surface area contributed by atoms with E-state index in [2.05, 4.69) is 26.1 Å². The molecule has 0 radical (unpaired) electrons. The molecule has 1 heterocycles. The molecule has 17 heavy (non-hydrogen) atoms. The zero-order chi connectivity index (χ0) is 12.1. The van der Waals surface area contributed by atoms with Gasteiger partial charge >= 0.3 is 0 Å². The van der Waals surface area contributed by atoms with Crippen molar-refractivity contribution < 1.29 is 4.52 Å². The molecule has 2 N–H and O–H groups in total. The Morgan fingerprint density at radius 1 is 1.18 bits per heavy atom. The van der Waals surface area contributed by atoms with Gasteiger partial charge in [-0.2, -0.15) is 4.98 Å². The molecule has 0 atom stereocenters. The van der Waals surface area contributed by atoms with Crippen LogP contribution in [0.15, 0.2) is 33.3 Å². The van der Waals surface area contributed by atoms with Crippen LogP contribution in [-0.4, -0.2) is 16.7 Å². The first kappa shape index (κ1) is 12.3. The third-order valence-corrected chi connectivity index (χ3v) is 2.94. The highest BCUT2D eigenvalue weighted by Gasteiger charge is 2.07. The predicted octanol–water partition coefficient (Wildman–Crippen LogP) is 2.78. The molecule has 0 aliphatic heterocycles. The number of benzene rings is 1. The van der Waals surface area contributed by atoms with Crippen LogP contribution in [0.4, 0.5) is 0 Å². The molecular weight excluding hydrogens is 282 g/mol. The van der Waals surface area contributed by atoms with E-state index in [1.54, 1.807) is 0 Å². The molecule has 4 nitrogen and oxygen atoms in total. The van der Waals surface area contributed by atoms with Gasteiger partial charge < -0.3 is 10.3 Å². The number of nitrogens with two attached hydrogens (primary N) is 1. The fraction of sp³-hybridized carbons (Fsp3) is 0.333. The molecule has 0 saturated carbocycles. The van der Waals surface area contributed by atoms with Gasteiger partial charge in [0, 0.05) is 16.5 Å². The number of rotatable bonds is 5. The van der Waals surface area contributed by atoms with E-state index < -0.39 is 0 Å². The van der Waals surface area contributed by atoms with Crippen LogP contribution in [0.1, 0.15) is 18.7 Å². The molecule has 0 amide bonds. The summed E-state index contributed by atoms with van der Waals surface area (Å²) in [5, 5.41) is 3.96. The van der Waals surface area contributed by atoms with Crippen LogP contribution >= 0.6 is 15.9 Å². The SMILES string of the molecule is NCCCCc1nc(-c2ccc(Br)cc2)no1. The summed E-state index contributed by atoms with van der Waals surface area (Å²) in [6.07, 6.45) is 2.76. The molecule has 1 aromatic heterocycles. The molecular formula is C12H14BrN3O. The van der Waals surface area contributed by atoms with E-state index >= 15 is 0 Å². The lowest BCUT2D eigenvalue weighted by molar-refractivity contribution is 0.375. The van der Waals surface area contributed by atoms with E-state index in [9.17, 15) is 0 Å². The molecule has 0 unspecified atom stereocenters. The molecule has 2 rings (SSSR count). The predicted molar refractivity (Wildman–Crippen MR) is 69.4 cm³/mol. The summed E-state index contributed by atoms with van der Waals surface area (Å²) < 4.78 is 6.22. The molecule has 0 aliphatic rings. The smallest absolute Gasteiger partial charge is 0.226 e. The van der Waals surface area contributed by atoms with Crippen LogP contribution in [0, 0.1) is 0 Å². The molecule has 1 aromatic carbocycles. The van der Waals surface area contributed by atoms with Gasteiger partial charge in [0.25, 0.3) is 0 Å². The standard InChI is InChI=1S/C12H14BrN3O/c13-10-6-4-9(5-7-10)12-15-11(17-16-12)3-1-2-8-14/h4-7H,1-3,8,14H2. The number of hydrogen-bond acceptors (Lipinski definition) is 4. The molecule has 0 saturated heterocycles. The summed E-state index contributed by atoms with van der Waals surface area (Å²) in [6.45, 7) is 0.702. The Labute approximate surface area is 108 Å². The normalized spacial score (nSPS) is 10.7.